The van der Waals surface area contributed by atoms with Crippen LogP contribution in [0.1, 0.15) is 38.8 Å². The Morgan fingerprint density at radius 1 is 1.28 bits per heavy atom. The number of fused-ring (bicyclic) bond motifs is 1. The van der Waals surface area contributed by atoms with E-state index in [1.165, 1.54) is 5.56 Å². The molecule has 1 aromatic rings. The zero-order valence-electron chi connectivity index (χ0n) is 11.5. The van der Waals surface area contributed by atoms with E-state index >= 15 is 0 Å². The first-order chi connectivity index (χ1) is 7.96. The summed E-state index contributed by atoms with van der Waals surface area (Å²) in [5, 5.41) is 3.42. The fraction of sp³-hybridized carbons (Fsp3) is 0.467. The lowest BCUT2D eigenvalue weighted by atomic mass is 10.0. The quantitative estimate of drug-likeness (QED) is 0.900. The first-order valence-electron chi connectivity index (χ1n) is 6.21. The third-order valence-electron chi connectivity index (χ3n) is 2.83. The summed E-state index contributed by atoms with van der Waals surface area (Å²) >= 11 is 0. The van der Waals surface area contributed by atoms with Crippen LogP contribution in [0.25, 0.3) is 6.08 Å². The van der Waals surface area contributed by atoms with Crippen LogP contribution in [0.3, 0.4) is 0 Å². The zero-order chi connectivity index (χ0) is 12.5. The molecule has 3 heteroatoms. The molecule has 0 saturated heterocycles. The summed E-state index contributed by atoms with van der Waals surface area (Å²) in [4.78, 5) is 0. The predicted molar refractivity (Wildman–Crippen MR) is 79.4 cm³/mol. The second-order valence-corrected chi connectivity index (χ2v) is 5.45. The average molecular weight is 268 g/mol. The standard InChI is InChI=1S/C15H21NO.ClH/c1-11(2)16-10-12-5-6-13-7-8-15(3,4)17-14(13)9-12;/h5-9,11,16H,10H2,1-4H3;1H. The first kappa shape index (κ1) is 15.1. The Morgan fingerprint density at radius 2 is 2.00 bits per heavy atom. The van der Waals surface area contributed by atoms with Crippen molar-refractivity contribution in [3.63, 3.8) is 0 Å². The topological polar surface area (TPSA) is 21.3 Å². The molecule has 1 aliphatic rings. The summed E-state index contributed by atoms with van der Waals surface area (Å²) in [6, 6.07) is 6.91. The summed E-state index contributed by atoms with van der Waals surface area (Å²) in [6.45, 7) is 9.34. The van der Waals surface area contributed by atoms with Gasteiger partial charge in [-0.15, -0.1) is 12.4 Å². The number of benzene rings is 1. The molecule has 100 valence electrons. The minimum atomic E-state index is -0.197. The Hall–Kier alpha value is -0.990. The van der Waals surface area contributed by atoms with Gasteiger partial charge in [-0.25, -0.2) is 0 Å². The van der Waals surface area contributed by atoms with Gasteiger partial charge >= 0.3 is 0 Å². The molecular formula is C15H22ClNO. The molecule has 0 atom stereocenters. The SMILES string of the molecule is CC(C)NCc1ccc2c(c1)OC(C)(C)C=C2.Cl. The molecule has 0 bridgehead atoms. The van der Waals surface area contributed by atoms with Crippen LogP contribution in [0.2, 0.25) is 0 Å². The molecule has 0 unspecified atom stereocenters. The first-order valence-corrected chi connectivity index (χ1v) is 6.21. The van der Waals surface area contributed by atoms with E-state index in [0.29, 0.717) is 6.04 Å². The van der Waals surface area contributed by atoms with E-state index in [1.807, 2.05) is 0 Å². The molecule has 0 amide bonds. The van der Waals surface area contributed by atoms with Crippen molar-refractivity contribution in [2.75, 3.05) is 0 Å². The molecule has 1 N–H and O–H groups in total. The van der Waals surface area contributed by atoms with Gasteiger partial charge < -0.3 is 10.1 Å². The number of halogens is 1. The Balaban J connectivity index is 0.00000162. The van der Waals surface area contributed by atoms with Crippen molar-refractivity contribution in [3.8, 4) is 5.75 Å². The normalized spacial score (nSPS) is 15.8. The Kier molecular flexibility index (Phi) is 4.83. The van der Waals surface area contributed by atoms with Crippen molar-refractivity contribution in [1.29, 1.82) is 0 Å². The summed E-state index contributed by atoms with van der Waals surface area (Å²) in [5.74, 6) is 0.987. The lowest BCUT2D eigenvalue weighted by Gasteiger charge is -2.28. The van der Waals surface area contributed by atoms with Gasteiger partial charge in [0.2, 0.25) is 0 Å². The third-order valence-corrected chi connectivity index (χ3v) is 2.83. The second-order valence-electron chi connectivity index (χ2n) is 5.45. The highest BCUT2D eigenvalue weighted by Crippen LogP contribution is 2.31. The maximum Gasteiger partial charge on any atom is 0.128 e. The zero-order valence-corrected chi connectivity index (χ0v) is 12.3. The largest absolute Gasteiger partial charge is 0.483 e. The lowest BCUT2D eigenvalue weighted by molar-refractivity contribution is 0.159. The molecule has 0 saturated carbocycles. The fourth-order valence-corrected chi connectivity index (χ4v) is 1.84. The molecule has 18 heavy (non-hydrogen) atoms. The third kappa shape index (κ3) is 3.76. The molecule has 0 radical (unpaired) electrons. The van der Waals surface area contributed by atoms with Crippen molar-refractivity contribution >= 4 is 18.5 Å². The van der Waals surface area contributed by atoms with Crippen molar-refractivity contribution in [3.05, 3.63) is 35.4 Å². The predicted octanol–water partition coefficient (Wildman–Crippen LogP) is 3.79. The van der Waals surface area contributed by atoms with E-state index in [-0.39, 0.29) is 18.0 Å². The number of hydrogen-bond acceptors (Lipinski definition) is 2. The minimum absolute atomic E-state index is 0. The smallest absolute Gasteiger partial charge is 0.128 e. The number of nitrogens with one attached hydrogen (secondary N) is 1. The van der Waals surface area contributed by atoms with Gasteiger partial charge in [-0.1, -0.05) is 32.1 Å². The van der Waals surface area contributed by atoms with Crippen LogP contribution >= 0.6 is 12.4 Å². The minimum Gasteiger partial charge on any atom is -0.483 e. The van der Waals surface area contributed by atoms with Crippen LogP contribution in [-0.2, 0) is 6.54 Å². The van der Waals surface area contributed by atoms with Crippen LogP contribution in [0.4, 0.5) is 0 Å². The molecule has 0 fully saturated rings. The van der Waals surface area contributed by atoms with Crippen LogP contribution in [-0.4, -0.2) is 11.6 Å². The molecule has 2 nitrogen and oxygen atoms in total. The molecule has 1 aliphatic heterocycles. The van der Waals surface area contributed by atoms with Gasteiger partial charge in [0.15, 0.2) is 0 Å². The molecular weight excluding hydrogens is 246 g/mol. The van der Waals surface area contributed by atoms with E-state index in [2.05, 4.69) is 63.4 Å². The average Bonchev–Trinajstić information content (AvgIpc) is 2.24. The fourth-order valence-electron chi connectivity index (χ4n) is 1.84. The highest BCUT2D eigenvalue weighted by atomic mass is 35.5. The molecule has 2 rings (SSSR count). The van der Waals surface area contributed by atoms with Crippen LogP contribution < -0.4 is 10.1 Å². The van der Waals surface area contributed by atoms with Crippen LogP contribution in [0, 0.1) is 0 Å². The summed E-state index contributed by atoms with van der Waals surface area (Å²) < 4.78 is 5.95. The number of rotatable bonds is 3. The Morgan fingerprint density at radius 3 is 2.67 bits per heavy atom. The summed E-state index contributed by atoms with van der Waals surface area (Å²) in [7, 11) is 0. The van der Waals surface area contributed by atoms with E-state index in [0.717, 1.165) is 17.9 Å². The van der Waals surface area contributed by atoms with Crippen molar-refractivity contribution < 1.29 is 4.74 Å². The molecule has 1 heterocycles. The maximum atomic E-state index is 5.95. The molecule has 1 aromatic carbocycles. The van der Waals surface area contributed by atoms with Gasteiger partial charge in [0.05, 0.1) is 0 Å². The highest BCUT2D eigenvalue weighted by molar-refractivity contribution is 5.85. The van der Waals surface area contributed by atoms with Crippen molar-refractivity contribution in [2.24, 2.45) is 0 Å². The number of ether oxygens (including phenoxy) is 1. The van der Waals surface area contributed by atoms with E-state index in [1.54, 1.807) is 0 Å². The van der Waals surface area contributed by atoms with E-state index < -0.39 is 0 Å². The highest BCUT2D eigenvalue weighted by Gasteiger charge is 2.21. The molecule has 0 aromatic heterocycles. The summed E-state index contributed by atoms with van der Waals surface area (Å²) in [6.07, 6.45) is 4.24. The van der Waals surface area contributed by atoms with Gasteiger partial charge in [0.25, 0.3) is 0 Å². The van der Waals surface area contributed by atoms with Crippen molar-refractivity contribution in [2.45, 2.75) is 45.9 Å². The van der Waals surface area contributed by atoms with E-state index in [4.69, 9.17) is 4.74 Å². The maximum absolute atomic E-state index is 5.95. The van der Waals surface area contributed by atoms with Gasteiger partial charge in [-0.2, -0.15) is 0 Å². The van der Waals surface area contributed by atoms with Gasteiger partial charge in [-0.05, 0) is 31.6 Å². The van der Waals surface area contributed by atoms with Gasteiger partial charge in [-0.3, -0.25) is 0 Å². The van der Waals surface area contributed by atoms with Crippen LogP contribution in [0.5, 0.6) is 5.75 Å². The van der Waals surface area contributed by atoms with E-state index in [9.17, 15) is 0 Å². The Labute approximate surface area is 116 Å². The van der Waals surface area contributed by atoms with Crippen molar-refractivity contribution in [1.82, 2.24) is 5.32 Å². The Bertz CT molecular complexity index is 438. The van der Waals surface area contributed by atoms with Gasteiger partial charge in [0.1, 0.15) is 11.4 Å². The molecule has 0 aliphatic carbocycles. The van der Waals surface area contributed by atoms with Gasteiger partial charge in [0, 0.05) is 18.2 Å². The second kappa shape index (κ2) is 5.77. The monoisotopic (exact) mass is 267 g/mol. The summed E-state index contributed by atoms with van der Waals surface area (Å²) in [5.41, 5.74) is 2.23. The lowest BCUT2D eigenvalue weighted by Crippen LogP contribution is -2.27. The number of hydrogen-bond donors (Lipinski definition) is 1. The molecule has 0 spiro atoms. The van der Waals surface area contributed by atoms with Crippen LogP contribution in [0.15, 0.2) is 24.3 Å².